The lowest BCUT2D eigenvalue weighted by molar-refractivity contribution is -0.126. The number of rotatable bonds is 6. The number of nitrogens with zero attached hydrogens (tertiary/aromatic N) is 2. The van der Waals surface area contributed by atoms with E-state index in [0.29, 0.717) is 55.2 Å². The fourth-order valence-electron chi connectivity index (χ4n) is 4.92. The predicted octanol–water partition coefficient (Wildman–Crippen LogP) is 3.66. The van der Waals surface area contributed by atoms with Crippen molar-refractivity contribution in [1.82, 2.24) is 15.5 Å². The second-order valence-corrected chi connectivity index (χ2v) is 10.0. The third-order valence-corrected chi connectivity index (χ3v) is 7.05. The molecule has 192 valence electrons. The van der Waals surface area contributed by atoms with Gasteiger partial charge in [0, 0.05) is 55.8 Å². The molecule has 2 fully saturated rings. The first kappa shape index (κ1) is 25.5. The molecule has 1 aromatic carbocycles. The molecule has 7 nitrogen and oxygen atoms in total. The molecule has 3 amide bonds. The van der Waals surface area contributed by atoms with Gasteiger partial charge in [-0.3, -0.25) is 14.5 Å². The van der Waals surface area contributed by atoms with Crippen LogP contribution in [0.5, 0.6) is 0 Å². The van der Waals surface area contributed by atoms with Gasteiger partial charge in [-0.1, -0.05) is 12.8 Å². The third-order valence-electron chi connectivity index (χ3n) is 7.05. The van der Waals surface area contributed by atoms with Gasteiger partial charge in [0.1, 0.15) is 5.78 Å². The molecule has 1 atom stereocenters. The zero-order valence-corrected chi connectivity index (χ0v) is 20.0. The highest BCUT2D eigenvalue weighted by molar-refractivity contribution is 6.00. The van der Waals surface area contributed by atoms with Gasteiger partial charge in [-0.15, -0.1) is 0 Å². The first-order chi connectivity index (χ1) is 16.6. The van der Waals surface area contributed by atoms with Crippen LogP contribution in [0, 0.1) is 5.92 Å². The number of amides is 3. The standard InChI is InChI=1S/C25H33F3N4O3/c1-16-12-21(33)14-19-13-18(23(34)29-9-6-17-2-3-17)4-5-22(19)32(16)24(35)31-10-7-20(8-11-31)30-15-25(26,27)28/h4-5,13,16-17,20,30H,2-3,6-12,14-15H2,1H3,(H,29,34)/t16-/m0/s1. The quantitative estimate of drug-likeness (QED) is 0.633. The van der Waals surface area contributed by atoms with Gasteiger partial charge in [0.25, 0.3) is 5.91 Å². The largest absolute Gasteiger partial charge is 0.401 e. The van der Waals surface area contributed by atoms with Crippen molar-refractivity contribution in [2.24, 2.45) is 5.92 Å². The number of alkyl halides is 3. The Morgan fingerprint density at radius 2 is 1.83 bits per heavy atom. The molecule has 2 heterocycles. The van der Waals surface area contributed by atoms with E-state index in [1.165, 1.54) is 12.8 Å². The van der Waals surface area contributed by atoms with Gasteiger partial charge in [0.2, 0.25) is 0 Å². The first-order valence-corrected chi connectivity index (χ1v) is 12.4. The predicted molar refractivity (Wildman–Crippen MR) is 125 cm³/mol. The fourth-order valence-corrected chi connectivity index (χ4v) is 4.92. The first-order valence-electron chi connectivity index (χ1n) is 12.4. The van der Waals surface area contributed by atoms with Crippen molar-refractivity contribution in [2.45, 2.75) is 70.1 Å². The van der Waals surface area contributed by atoms with Gasteiger partial charge in [-0.2, -0.15) is 13.2 Å². The maximum Gasteiger partial charge on any atom is 0.401 e. The summed E-state index contributed by atoms with van der Waals surface area (Å²) in [4.78, 5) is 41.9. The summed E-state index contributed by atoms with van der Waals surface area (Å²) in [5.41, 5.74) is 1.72. The number of carbonyl (C=O) groups is 3. The topological polar surface area (TPSA) is 81.8 Å². The molecular formula is C25H33F3N4O3. The molecule has 2 aliphatic heterocycles. The molecule has 4 rings (SSSR count). The molecular weight excluding hydrogens is 461 g/mol. The number of likely N-dealkylation sites (tertiary alicyclic amines) is 1. The summed E-state index contributed by atoms with van der Waals surface area (Å²) in [5.74, 6) is 0.520. The third kappa shape index (κ3) is 6.74. The van der Waals surface area contributed by atoms with Crippen molar-refractivity contribution >= 4 is 23.4 Å². The van der Waals surface area contributed by atoms with E-state index in [4.69, 9.17) is 0 Å². The molecule has 1 aromatic rings. The highest BCUT2D eigenvalue weighted by Gasteiger charge is 2.35. The van der Waals surface area contributed by atoms with Crippen LogP contribution in [0.1, 0.15) is 61.4 Å². The number of hydrogen-bond acceptors (Lipinski definition) is 4. The molecule has 2 N–H and O–H groups in total. The summed E-state index contributed by atoms with van der Waals surface area (Å²) >= 11 is 0. The van der Waals surface area contributed by atoms with E-state index in [1.54, 1.807) is 28.0 Å². The minimum atomic E-state index is -4.27. The second-order valence-electron chi connectivity index (χ2n) is 10.0. The van der Waals surface area contributed by atoms with E-state index in [2.05, 4.69) is 10.6 Å². The zero-order chi connectivity index (χ0) is 25.2. The number of piperidine rings is 1. The molecule has 1 saturated carbocycles. The van der Waals surface area contributed by atoms with Crippen LogP contribution in [0.2, 0.25) is 0 Å². The van der Waals surface area contributed by atoms with Crippen LogP contribution in [-0.2, 0) is 11.2 Å². The van der Waals surface area contributed by atoms with Crippen LogP contribution in [0.25, 0.3) is 0 Å². The summed E-state index contributed by atoms with van der Waals surface area (Å²) in [7, 11) is 0. The number of halogens is 3. The monoisotopic (exact) mass is 494 g/mol. The van der Waals surface area contributed by atoms with Crippen molar-refractivity contribution < 1.29 is 27.6 Å². The smallest absolute Gasteiger partial charge is 0.352 e. The Bertz CT molecular complexity index is 956. The van der Waals surface area contributed by atoms with E-state index >= 15 is 0 Å². The number of nitrogens with one attached hydrogen (secondary N) is 2. The zero-order valence-electron chi connectivity index (χ0n) is 20.0. The molecule has 1 saturated heterocycles. The van der Waals surface area contributed by atoms with Crippen molar-refractivity contribution in [3.8, 4) is 0 Å². The maximum absolute atomic E-state index is 13.5. The molecule has 10 heteroatoms. The van der Waals surface area contributed by atoms with Crippen molar-refractivity contribution in [3.63, 3.8) is 0 Å². The summed E-state index contributed by atoms with van der Waals surface area (Å²) in [5, 5.41) is 5.46. The second kappa shape index (κ2) is 10.6. The summed E-state index contributed by atoms with van der Waals surface area (Å²) in [6.07, 6.45) is 0.352. The minimum Gasteiger partial charge on any atom is -0.352 e. The van der Waals surface area contributed by atoms with Crippen LogP contribution in [0.15, 0.2) is 18.2 Å². The summed E-state index contributed by atoms with van der Waals surface area (Å²) < 4.78 is 37.5. The summed E-state index contributed by atoms with van der Waals surface area (Å²) in [6.45, 7) is 2.07. The molecule has 0 aromatic heterocycles. The Morgan fingerprint density at radius 1 is 1.11 bits per heavy atom. The van der Waals surface area contributed by atoms with Crippen LogP contribution >= 0.6 is 0 Å². The van der Waals surface area contributed by atoms with Crippen LogP contribution in [-0.4, -0.2) is 67.1 Å². The highest BCUT2D eigenvalue weighted by Crippen LogP contribution is 2.32. The molecule has 3 aliphatic rings. The number of urea groups is 1. The molecule has 35 heavy (non-hydrogen) atoms. The Hall–Kier alpha value is -2.62. The molecule has 0 unspecified atom stereocenters. The van der Waals surface area contributed by atoms with E-state index in [0.717, 1.165) is 6.42 Å². The SMILES string of the molecule is C[C@H]1CC(=O)Cc2cc(C(=O)NCCC3CC3)ccc2N1C(=O)N1CCC(NCC(F)(F)F)CC1. The van der Waals surface area contributed by atoms with E-state index < -0.39 is 12.7 Å². The van der Waals surface area contributed by atoms with Gasteiger partial charge in [0.15, 0.2) is 0 Å². The highest BCUT2D eigenvalue weighted by atomic mass is 19.4. The fraction of sp³-hybridized carbons (Fsp3) is 0.640. The Labute approximate surface area is 203 Å². The van der Waals surface area contributed by atoms with E-state index in [-0.39, 0.29) is 42.6 Å². The van der Waals surface area contributed by atoms with Gasteiger partial charge in [-0.05, 0) is 55.9 Å². The summed E-state index contributed by atoms with van der Waals surface area (Å²) in [6, 6.07) is 4.19. The number of ketones is 1. The molecule has 1 aliphatic carbocycles. The lowest BCUT2D eigenvalue weighted by Crippen LogP contribution is -2.53. The van der Waals surface area contributed by atoms with Crippen molar-refractivity contribution in [1.29, 1.82) is 0 Å². The Morgan fingerprint density at radius 3 is 2.49 bits per heavy atom. The van der Waals surface area contributed by atoms with Crippen LogP contribution < -0.4 is 15.5 Å². The van der Waals surface area contributed by atoms with E-state index in [9.17, 15) is 27.6 Å². The number of fused-ring (bicyclic) bond motifs is 1. The van der Waals surface area contributed by atoms with Gasteiger partial charge in [-0.25, -0.2) is 4.79 Å². The van der Waals surface area contributed by atoms with Crippen LogP contribution in [0.4, 0.5) is 23.7 Å². The van der Waals surface area contributed by atoms with Crippen LogP contribution in [0.3, 0.4) is 0 Å². The molecule has 0 bridgehead atoms. The Kier molecular flexibility index (Phi) is 7.68. The average Bonchev–Trinajstić information content (AvgIpc) is 3.63. The van der Waals surface area contributed by atoms with Gasteiger partial charge >= 0.3 is 12.2 Å². The Balaban J connectivity index is 1.44. The normalized spacial score (nSPS) is 21.5. The average molecular weight is 495 g/mol. The number of carbonyl (C=O) groups excluding carboxylic acids is 3. The van der Waals surface area contributed by atoms with Gasteiger partial charge < -0.3 is 15.5 Å². The lowest BCUT2D eigenvalue weighted by Gasteiger charge is -2.38. The van der Waals surface area contributed by atoms with Crippen molar-refractivity contribution in [3.05, 3.63) is 29.3 Å². The minimum absolute atomic E-state index is 0.00426. The van der Waals surface area contributed by atoms with Crippen molar-refractivity contribution in [2.75, 3.05) is 31.1 Å². The lowest BCUT2D eigenvalue weighted by atomic mass is 10.0. The number of Topliss-reactive ketones (excluding diaryl/α,β-unsaturated/α-hetero) is 1. The van der Waals surface area contributed by atoms with Gasteiger partial charge in [0.05, 0.1) is 6.54 Å². The maximum atomic E-state index is 13.5. The van der Waals surface area contributed by atoms with E-state index in [1.807, 2.05) is 6.92 Å². The number of anilines is 1. The number of benzene rings is 1. The molecule has 0 radical (unpaired) electrons. The molecule has 0 spiro atoms. The number of hydrogen-bond donors (Lipinski definition) is 2.